The highest BCUT2D eigenvalue weighted by Crippen LogP contribution is 2.14. The van der Waals surface area contributed by atoms with E-state index in [1.54, 1.807) is 0 Å². The molecule has 6 heteroatoms. The van der Waals surface area contributed by atoms with Gasteiger partial charge in [0, 0.05) is 19.3 Å². The van der Waals surface area contributed by atoms with Crippen LogP contribution in [0.15, 0.2) is 97.2 Å². The molecule has 0 amide bonds. The van der Waals surface area contributed by atoms with Crippen molar-refractivity contribution < 1.29 is 28.6 Å². The molecule has 382 valence electrons. The minimum Gasteiger partial charge on any atom is -0.462 e. The van der Waals surface area contributed by atoms with Gasteiger partial charge in [-0.05, 0) is 83.5 Å². The standard InChI is InChI=1S/C61H102O6/c1-4-7-10-13-16-19-22-25-27-29-31-33-36-39-42-45-48-51-54-60(63)66-57-58(56-65-59(62)53-50-47-44-41-38-35-24-21-18-15-12-9-6-3)67-61(64)55-52-49-46-43-40-37-34-32-30-28-26-23-20-17-14-11-8-5-2/h10,13,16,19,22,25,27,29,31-35,38,44,47,58H,4-9,11-12,14-15,17-18,20-21,23-24,26,28,30,36-37,39-43,45-46,48-57H2,1-3H3/b13-10-,19-16-,25-22-,29-27-,33-31-,34-32-,38-35-,47-44-. The Bertz CT molecular complexity index is 1350. The van der Waals surface area contributed by atoms with Crippen LogP contribution in [0.2, 0.25) is 0 Å². The molecule has 0 aliphatic heterocycles. The Morgan fingerprint density at radius 2 is 0.657 bits per heavy atom. The molecule has 0 bridgehead atoms. The van der Waals surface area contributed by atoms with Gasteiger partial charge in [-0.25, -0.2) is 0 Å². The monoisotopic (exact) mass is 931 g/mol. The number of hydrogen-bond donors (Lipinski definition) is 0. The Morgan fingerprint density at radius 1 is 0.313 bits per heavy atom. The molecule has 0 aromatic rings. The molecule has 0 aromatic heterocycles. The second kappa shape index (κ2) is 54.9. The van der Waals surface area contributed by atoms with Gasteiger partial charge in [-0.3, -0.25) is 14.4 Å². The maximum atomic E-state index is 12.8. The van der Waals surface area contributed by atoms with Gasteiger partial charge in [0.05, 0.1) is 0 Å². The van der Waals surface area contributed by atoms with Crippen molar-refractivity contribution >= 4 is 17.9 Å². The molecule has 0 aromatic carbocycles. The van der Waals surface area contributed by atoms with E-state index >= 15 is 0 Å². The van der Waals surface area contributed by atoms with E-state index in [0.717, 1.165) is 89.9 Å². The van der Waals surface area contributed by atoms with Crippen LogP contribution in [0.25, 0.3) is 0 Å². The van der Waals surface area contributed by atoms with E-state index in [1.807, 2.05) is 30.4 Å². The van der Waals surface area contributed by atoms with Gasteiger partial charge >= 0.3 is 17.9 Å². The van der Waals surface area contributed by atoms with Gasteiger partial charge in [0.15, 0.2) is 6.10 Å². The molecule has 6 nitrogen and oxygen atoms in total. The van der Waals surface area contributed by atoms with Crippen LogP contribution >= 0.6 is 0 Å². The molecule has 1 unspecified atom stereocenters. The van der Waals surface area contributed by atoms with Crippen molar-refractivity contribution in [3.05, 3.63) is 97.2 Å². The SMILES string of the molecule is CCC\C=C/C=C\C=C/C=C\C=C/CCCCCCCC(=O)OCC(COC(=O)CC/C=C\C/C=C\CCCCCCCC)OC(=O)CCCCCCC/C=C\CCCCCCCCCCC. The molecule has 67 heavy (non-hydrogen) atoms. The minimum absolute atomic E-state index is 0.112. The zero-order chi connectivity index (χ0) is 48.6. The van der Waals surface area contributed by atoms with E-state index in [0.29, 0.717) is 19.3 Å². The van der Waals surface area contributed by atoms with Crippen molar-refractivity contribution in [3.8, 4) is 0 Å². The summed E-state index contributed by atoms with van der Waals surface area (Å²) in [5, 5.41) is 0. The number of ether oxygens (including phenoxy) is 3. The van der Waals surface area contributed by atoms with Crippen molar-refractivity contribution in [1.29, 1.82) is 0 Å². The fourth-order valence-electron chi connectivity index (χ4n) is 7.46. The average molecular weight is 931 g/mol. The van der Waals surface area contributed by atoms with Gasteiger partial charge in [0.1, 0.15) is 13.2 Å². The molecule has 0 rings (SSSR count). The summed E-state index contributed by atoms with van der Waals surface area (Å²) in [6.07, 6.45) is 72.6. The molecular formula is C61H102O6. The summed E-state index contributed by atoms with van der Waals surface area (Å²) in [4.78, 5) is 38.1. The summed E-state index contributed by atoms with van der Waals surface area (Å²) < 4.78 is 16.8. The fraction of sp³-hybridized carbons (Fsp3) is 0.689. The summed E-state index contributed by atoms with van der Waals surface area (Å²) in [5.74, 6) is -1.01. The lowest BCUT2D eigenvalue weighted by molar-refractivity contribution is -0.166. The molecular weight excluding hydrogens is 829 g/mol. The third-order valence-electron chi connectivity index (χ3n) is 11.7. The van der Waals surface area contributed by atoms with E-state index in [2.05, 4.69) is 87.6 Å². The summed E-state index contributed by atoms with van der Waals surface area (Å²) in [5.41, 5.74) is 0. The summed E-state index contributed by atoms with van der Waals surface area (Å²) in [6.45, 7) is 6.46. The number of esters is 3. The highest BCUT2D eigenvalue weighted by Gasteiger charge is 2.19. The maximum Gasteiger partial charge on any atom is 0.306 e. The normalized spacial score (nSPS) is 12.8. The van der Waals surface area contributed by atoms with Crippen LogP contribution in [-0.4, -0.2) is 37.2 Å². The van der Waals surface area contributed by atoms with Crippen molar-refractivity contribution in [2.75, 3.05) is 13.2 Å². The molecule has 0 heterocycles. The molecule has 0 aliphatic rings. The Labute approximate surface area is 413 Å². The molecule has 0 saturated carbocycles. The van der Waals surface area contributed by atoms with Crippen LogP contribution in [-0.2, 0) is 28.6 Å². The Kier molecular flexibility index (Phi) is 51.9. The lowest BCUT2D eigenvalue weighted by Gasteiger charge is -2.18. The van der Waals surface area contributed by atoms with Gasteiger partial charge in [-0.2, -0.15) is 0 Å². The number of unbranched alkanes of at least 4 members (excludes halogenated alkanes) is 26. The third kappa shape index (κ3) is 53.2. The highest BCUT2D eigenvalue weighted by molar-refractivity contribution is 5.71. The largest absolute Gasteiger partial charge is 0.462 e. The van der Waals surface area contributed by atoms with E-state index in [4.69, 9.17) is 14.2 Å². The lowest BCUT2D eigenvalue weighted by Crippen LogP contribution is -2.30. The van der Waals surface area contributed by atoms with E-state index in [-0.39, 0.29) is 37.5 Å². The fourth-order valence-corrected chi connectivity index (χ4v) is 7.46. The summed E-state index contributed by atoms with van der Waals surface area (Å²) in [6, 6.07) is 0. The first-order valence-corrected chi connectivity index (χ1v) is 27.8. The predicted molar refractivity (Wildman–Crippen MR) is 288 cm³/mol. The molecule has 0 N–H and O–H groups in total. The predicted octanol–water partition coefficient (Wildman–Crippen LogP) is 18.5. The number of rotatable bonds is 49. The number of carbonyl (C=O) groups is 3. The van der Waals surface area contributed by atoms with Crippen LogP contribution in [0.1, 0.15) is 252 Å². The van der Waals surface area contributed by atoms with Crippen LogP contribution in [0.5, 0.6) is 0 Å². The van der Waals surface area contributed by atoms with E-state index in [9.17, 15) is 14.4 Å². The zero-order valence-electron chi connectivity index (χ0n) is 43.6. The Hall–Kier alpha value is -3.67. The number of hydrogen-bond acceptors (Lipinski definition) is 6. The minimum atomic E-state index is -0.816. The zero-order valence-corrected chi connectivity index (χ0v) is 43.6. The molecule has 0 saturated heterocycles. The van der Waals surface area contributed by atoms with Crippen LogP contribution in [0.3, 0.4) is 0 Å². The Morgan fingerprint density at radius 3 is 1.12 bits per heavy atom. The summed E-state index contributed by atoms with van der Waals surface area (Å²) >= 11 is 0. The second-order valence-corrected chi connectivity index (χ2v) is 18.3. The summed E-state index contributed by atoms with van der Waals surface area (Å²) in [7, 11) is 0. The number of carbonyl (C=O) groups excluding carboxylic acids is 3. The molecule has 0 aliphatic carbocycles. The van der Waals surface area contributed by atoms with Crippen LogP contribution in [0, 0.1) is 0 Å². The Balaban J connectivity index is 4.50. The highest BCUT2D eigenvalue weighted by atomic mass is 16.6. The first kappa shape index (κ1) is 63.3. The van der Waals surface area contributed by atoms with Gasteiger partial charge in [0.25, 0.3) is 0 Å². The third-order valence-corrected chi connectivity index (χ3v) is 11.7. The van der Waals surface area contributed by atoms with Crippen molar-refractivity contribution in [1.82, 2.24) is 0 Å². The van der Waals surface area contributed by atoms with E-state index in [1.165, 1.54) is 116 Å². The molecule has 1 atom stereocenters. The molecule has 0 radical (unpaired) electrons. The van der Waals surface area contributed by atoms with Gasteiger partial charge in [-0.15, -0.1) is 0 Å². The van der Waals surface area contributed by atoms with Gasteiger partial charge < -0.3 is 14.2 Å². The first-order valence-electron chi connectivity index (χ1n) is 27.8. The first-order chi connectivity index (χ1) is 33.0. The van der Waals surface area contributed by atoms with Crippen molar-refractivity contribution in [2.24, 2.45) is 0 Å². The van der Waals surface area contributed by atoms with Gasteiger partial charge in [0.2, 0.25) is 0 Å². The smallest absolute Gasteiger partial charge is 0.306 e. The van der Waals surface area contributed by atoms with E-state index < -0.39 is 6.10 Å². The van der Waals surface area contributed by atoms with Gasteiger partial charge in [-0.1, -0.05) is 246 Å². The topological polar surface area (TPSA) is 78.9 Å². The quantitative estimate of drug-likeness (QED) is 0.0199. The molecule has 0 spiro atoms. The molecule has 0 fully saturated rings. The number of allylic oxidation sites excluding steroid dienone is 16. The second-order valence-electron chi connectivity index (χ2n) is 18.3. The van der Waals surface area contributed by atoms with Crippen LogP contribution in [0.4, 0.5) is 0 Å². The van der Waals surface area contributed by atoms with Crippen LogP contribution < -0.4 is 0 Å². The van der Waals surface area contributed by atoms with Crippen molar-refractivity contribution in [2.45, 2.75) is 258 Å². The average Bonchev–Trinajstić information content (AvgIpc) is 3.33. The van der Waals surface area contributed by atoms with Crippen molar-refractivity contribution in [3.63, 3.8) is 0 Å². The lowest BCUT2D eigenvalue weighted by atomic mass is 10.1. The maximum absolute atomic E-state index is 12.8.